The highest BCUT2D eigenvalue weighted by Gasteiger charge is 2.66. The Hall–Kier alpha value is -0.590. The summed E-state index contributed by atoms with van der Waals surface area (Å²) in [7, 11) is 0. The van der Waals surface area contributed by atoms with E-state index in [0.29, 0.717) is 17.5 Å². The van der Waals surface area contributed by atoms with Gasteiger partial charge in [0.2, 0.25) is 0 Å². The third-order valence-electron chi connectivity index (χ3n) is 4.12. The minimum absolute atomic E-state index is 0.138. The fourth-order valence-corrected chi connectivity index (χ4v) is 3.96. The molecule has 0 radical (unpaired) electrons. The van der Waals surface area contributed by atoms with E-state index in [9.17, 15) is 9.59 Å². The van der Waals surface area contributed by atoms with Gasteiger partial charge in [-0.05, 0) is 33.6 Å². The Morgan fingerprint density at radius 1 is 1.53 bits per heavy atom. The van der Waals surface area contributed by atoms with Crippen LogP contribution in [-0.4, -0.2) is 29.1 Å². The molecule has 0 aromatic rings. The maximum Gasteiger partial charge on any atom is 0.324 e. The highest BCUT2D eigenvalue weighted by Crippen LogP contribution is 2.56. The minimum atomic E-state index is -1.08. The summed E-state index contributed by atoms with van der Waals surface area (Å²) in [5.41, 5.74) is 1.29. The molecule has 4 nitrogen and oxygen atoms in total. The molecular formula is C14H19IO4. The third-order valence-corrected chi connectivity index (χ3v) is 4.99. The van der Waals surface area contributed by atoms with Crippen molar-refractivity contribution < 1.29 is 19.1 Å². The van der Waals surface area contributed by atoms with Crippen molar-refractivity contribution in [3.8, 4) is 0 Å². The number of carbonyl (C=O) groups is 2. The number of rotatable bonds is 3. The largest absolute Gasteiger partial charge is 0.465 e. The molecule has 5 heteroatoms. The Labute approximate surface area is 127 Å². The van der Waals surface area contributed by atoms with Gasteiger partial charge in [-0.3, -0.25) is 9.59 Å². The van der Waals surface area contributed by atoms with Gasteiger partial charge in [0.25, 0.3) is 0 Å². The predicted octanol–water partition coefficient (Wildman–Crippen LogP) is 2.64. The van der Waals surface area contributed by atoms with Gasteiger partial charge in [0.15, 0.2) is 5.41 Å². The standard InChI is InChI=1S/C14H19IO4/c1-4-18-12(16)14-6-5-9(8(2)3)11(14)10(7-15)19-13(14)17/h10-11H,4-7H2,1-3H3/t10-,11+,14+/m1/s1. The van der Waals surface area contributed by atoms with Crippen LogP contribution in [0.3, 0.4) is 0 Å². The van der Waals surface area contributed by atoms with Crippen molar-refractivity contribution in [1.82, 2.24) is 0 Å². The molecule has 3 atom stereocenters. The van der Waals surface area contributed by atoms with Gasteiger partial charge in [0.05, 0.1) is 6.61 Å². The summed E-state index contributed by atoms with van der Waals surface area (Å²) in [4.78, 5) is 24.6. The number of carbonyl (C=O) groups excluding carboxylic acids is 2. The highest BCUT2D eigenvalue weighted by atomic mass is 127. The van der Waals surface area contributed by atoms with Gasteiger partial charge in [0, 0.05) is 10.3 Å². The Morgan fingerprint density at radius 3 is 2.74 bits per heavy atom. The zero-order valence-electron chi connectivity index (χ0n) is 11.5. The van der Waals surface area contributed by atoms with Gasteiger partial charge >= 0.3 is 11.9 Å². The molecule has 1 aliphatic heterocycles. The maximum absolute atomic E-state index is 12.3. The topological polar surface area (TPSA) is 52.6 Å². The summed E-state index contributed by atoms with van der Waals surface area (Å²) in [6.07, 6.45) is 1.10. The van der Waals surface area contributed by atoms with Crippen LogP contribution in [0.15, 0.2) is 11.1 Å². The number of hydrogen-bond acceptors (Lipinski definition) is 4. The lowest BCUT2D eigenvalue weighted by Crippen LogP contribution is -2.40. The summed E-state index contributed by atoms with van der Waals surface area (Å²) >= 11 is 2.21. The lowest BCUT2D eigenvalue weighted by molar-refractivity contribution is -0.165. The van der Waals surface area contributed by atoms with Crippen molar-refractivity contribution in [2.24, 2.45) is 11.3 Å². The molecule has 19 heavy (non-hydrogen) atoms. The molecule has 0 bridgehead atoms. The van der Waals surface area contributed by atoms with E-state index in [-0.39, 0.29) is 12.0 Å². The quantitative estimate of drug-likeness (QED) is 0.249. The first-order valence-corrected chi connectivity index (χ1v) is 8.12. The van der Waals surface area contributed by atoms with Crippen LogP contribution in [-0.2, 0) is 19.1 Å². The van der Waals surface area contributed by atoms with Crippen LogP contribution in [0.25, 0.3) is 0 Å². The van der Waals surface area contributed by atoms with Crippen molar-refractivity contribution in [2.45, 2.75) is 39.7 Å². The highest BCUT2D eigenvalue weighted by molar-refractivity contribution is 14.1. The van der Waals surface area contributed by atoms with E-state index in [1.807, 2.05) is 13.8 Å². The summed E-state index contributed by atoms with van der Waals surface area (Å²) < 4.78 is 11.3. The maximum atomic E-state index is 12.3. The van der Waals surface area contributed by atoms with Crippen LogP contribution < -0.4 is 0 Å². The van der Waals surface area contributed by atoms with E-state index >= 15 is 0 Å². The van der Waals surface area contributed by atoms with Gasteiger partial charge in [-0.2, -0.15) is 0 Å². The van der Waals surface area contributed by atoms with Gasteiger partial charge in [-0.15, -0.1) is 0 Å². The fraction of sp³-hybridized carbons (Fsp3) is 0.714. The zero-order valence-corrected chi connectivity index (χ0v) is 13.7. The van der Waals surface area contributed by atoms with Crippen LogP contribution in [0.4, 0.5) is 0 Å². The van der Waals surface area contributed by atoms with E-state index in [2.05, 4.69) is 22.6 Å². The van der Waals surface area contributed by atoms with E-state index in [0.717, 1.165) is 6.42 Å². The van der Waals surface area contributed by atoms with Crippen molar-refractivity contribution in [2.75, 3.05) is 11.0 Å². The summed E-state index contributed by atoms with van der Waals surface area (Å²) in [6, 6.07) is 0. The number of allylic oxidation sites excluding steroid dienone is 1. The van der Waals surface area contributed by atoms with Gasteiger partial charge < -0.3 is 9.47 Å². The average molecular weight is 378 g/mol. The van der Waals surface area contributed by atoms with Crippen LogP contribution in [0.5, 0.6) is 0 Å². The second-order valence-corrected chi connectivity index (χ2v) is 6.17. The first-order chi connectivity index (χ1) is 8.98. The molecule has 2 rings (SSSR count). The number of halogens is 1. The summed E-state index contributed by atoms with van der Waals surface area (Å²) in [5.74, 6) is -0.941. The Balaban J connectivity index is 2.48. The van der Waals surface area contributed by atoms with Crippen LogP contribution in [0.2, 0.25) is 0 Å². The molecule has 1 aliphatic carbocycles. The van der Waals surface area contributed by atoms with Crippen LogP contribution in [0.1, 0.15) is 33.6 Å². The molecule has 2 fully saturated rings. The van der Waals surface area contributed by atoms with Crippen LogP contribution in [0, 0.1) is 11.3 Å². The monoisotopic (exact) mass is 378 g/mol. The first-order valence-electron chi connectivity index (χ1n) is 6.59. The van der Waals surface area contributed by atoms with Crippen molar-refractivity contribution >= 4 is 34.5 Å². The summed E-state index contributed by atoms with van der Waals surface area (Å²) in [6.45, 7) is 6.11. The number of alkyl halides is 1. The van der Waals surface area contributed by atoms with Crippen LogP contribution >= 0.6 is 22.6 Å². The second-order valence-electron chi connectivity index (χ2n) is 5.29. The van der Waals surface area contributed by atoms with E-state index in [1.165, 1.54) is 11.1 Å². The number of esters is 2. The van der Waals surface area contributed by atoms with Crippen molar-refractivity contribution in [1.29, 1.82) is 0 Å². The molecule has 1 heterocycles. The van der Waals surface area contributed by atoms with Crippen molar-refractivity contribution in [3.63, 3.8) is 0 Å². The Kier molecular flexibility index (Phi) is 4.23. The molecule has 1 saturated carbocycles. The zero-order chi connectivity index (χ0) is 14.2. The molecular weight excluding hydrogens is 359 g/mol. The Bertz CT molecular complexity index is 439. The first kappa shape index (κ1) is 14.8. The smallest absolute Gasteiger partial charge is 0.324 e. The molecule has 0 aromatic heterocycles. The molecule has 106 valence electrons. The molecule has 2 aliphatic rings. The van der Waals surface area contributed by atoms with Gasteiger partial charge in [0.1, 0.15) is 6.10 Å². The molecule has 0 aromatic carbocycles. The van der Waals surface area contributed by atoms with Crippen molar-refractivity contribution in [3.05, 3.63) is 11.1 Å². The number of cyclic esters (lactones) is 1. The fourth-order valence-electron chi connectivity index (χ4n) is 3.28. The third kappa shape index (κ3) is 2.10. The Morgan fingerprint density at radius 2 is 2.21 bits per heavy atom. The predicted molar refractivity (Wildman–Crippen MR) is 78.9 cm³/mol. The van der Waals surface area contributed by atoms with Gasteiger partial charge in [-0.1, -0.05) is 33.7 Å². The average Bonchev–Trinajstić information content (AvgIpc) is 2.87. The molecule has 0 amide bonds. The number of ether oxygens (including phenoxy) is 2. The van der Waals surface area contributed by atoms with E-state index < -0.39 is 17.4 Å². The molecule has 0 unspecified atom stereocenters. The summed E-state index contributed by atoms with van der Waals surface area (Å²) in [5, 5.41) is 0. The van der Waals surface area contributed by atoms with E-state index in [4.69, 9.17) is 9.47 Å². The number of fused-ring (bicyclic) bond motifs is 1. The molecule has 1 saturated heterocycles. The number of hydrogen-bond donors (Lipinski definition) is 0. The minimum Gasteiger partial charge on any atom is -0.465 e. The lowest BCUT2D eigenvalue weighted by atomic mass is 9.76. The second kappa shape index (κ2) is 5.42. The normalized spacial score (nSPS) is 33.1. The SMILES string of the molecule is CCOC(=O)[C@]12CCC(=C(C)C)[C@H]1[C@@H](CI)OC2=O. The lowest BCUT2D eigenvalue weighted by Gasteiger charge is -2.24. The molecule has 0 spiro atoms. The van der Waals surface area contributed by atoms with E-state index in [1.54, 1.807) is 6.92 Å². The molecule has 0 N–H and O–H groups in total. The van der Waals surface area contributed by atoms with Gasteiger partial charge in [-0.25, -0.2) is 0 Å².